The van der Waals surface area contributed by atoms with Crippen LogP contribution in [-0.2, 0) is 20.0 Å². The summed E-state index contributed by atoms with van der Waals surface area (Å²) in [6.45, 7) is 11.1. The lowest BCUT2D eigenvalue weighted by atomic mass is 10.0. The monoisotopic (exact) mass is 327 g/mol. The Kier molecular flexibility index (Phi) is 4.07. The van der Waals surface area contributed by atoms with Crippen molar-refractivity contribution >= 4 is 10.8 Å². The number of aryl methyl sites for hydroxylation is 4. The van der Waals surface area contributed by atoms with Crippen molar-refractivity contribution in [3.8, 4) is 0 Å². The molecular formula is C18H25N5O. The third-order valence-corrected chi connectivity index (χ3v) is 4.65. The predicted octanol–water partition coefficient (Wildman–Crippen LogP) is 2.63. The molecule has 1 N–H and O–H groups in total. The quantitative estimate of drug-likeness (QED) is 0.801. The molecule has 3 heterocycles. The van der Waals surface area contributed by atoms with Gasteiger partial charge in [-0.1, -0.05) is 13.8 Å². The molecule has 0 radical (unpaired) electrons. The van der Waals surface area contributed by atoms with E-state index in [-0.39, 0.29) is 5.56 Å². The fourth-order valence-electron chi connectivity index (χ4n) is 3.27. The Labute approximate surface area is 141 Å². The first kappa shape index (κ1) is 16.5. The molecule has 0 spiro atoms. The van der Waals surface area contributed by atoms with Crippen molar-refractivity contribution in [2.75, 3.05) is 0 Å². The van der Waals surface area contributed by atoms with E-state index in [1.54, 1.807) is 7.05 Å². The molecule has 24 heavy (non-hydrogen) atoms. The normalized spacial score (nSPS) is 11.8. The van der Waals surface area contributed by atoms with Gasteiger partial charge in [0.2, 0.25) is 0 Å². The van der Waals surface area contributed by atoms with Crippen molar-refractivity contribution in [1.29, 1.82) is 0 Å². The topological polar surface area (TPSA) is 68.5 Å². The molecular weight excluding hydrogens is 302 g/mol. The Balaban J connectivity index is 2.19. The Morgan fingerprint density at radius 1 is 1.25 bits per heavy atom. The second-order valence-electron chi connectivity index (χ2n) is 7.02. The average Bonchev–Trinajstić information content (AvgIpc) is 2.99. The highest BCUT2D eigenvalue weighted by molar-refractivity contribution is 5.86. The van der Waals surface area contributed by atoms with Gasteiger partial charge in [-0.3, -0.25) is 9.89 Å². The number of aromatic nitrogens is 5. The Bertz CT molecular complexity index is 939. The van der Waals surface area contributed by atoms with Crippen molar-refractivity contribution in [3.05, 3.63) is 44.9 Å². The summed E-state index contributed by atoms with van der Waals surface area (Å²) in [6.07, 6.45) is 2.93. The Morgan fingerprint density at radius 3 is 2.54 bits per heavy atom. The lowest BCUT2D eigenvalue weighted by molar-refractivity contribution is 0.605. The third-order valence-electron chi connectivity index (χ3n) is 4.65. The molecule has 6 nitrogen and oxygen atoms in total. The second kappa shape index (κ2) is 5.92. The van der Waals surface area contributed by atoms with E-state index in [4.69, 9.17) is 0 Å². The molecule has 0 saturated carbocycles. The summed E-state index contributed by atoms with van der Waals surface area (Å²) in [4.78, 5) is 12.6. The summed E-state index contributed by atoms with van der Waals surface area (Å²) < 4.78 is 3.61. The number of rotatable bonds is 4. The largest absolute Gasteiger partial charge is 0.346 e. The minimum absolute atomic E-state index is 0.0330. The summed E-state index contributed by atoms with van der Waals surface area (Å²) >= 11 is 0. The molecule has 0 saturated heterocycles. The van der Waals surface area contributed by atoms with Crippen LogP contribution in [0.25, 0.3) is 10.8 Å². The van der Waals surface area contributed by atoms with E-state index in [0.717, 1.165) is 40.0 Å². The van der Waals surface area contributed by atoms with Gasteiger partial charge in [0.25, 0.3) is 5.56 Å². The number of hydrogen-bond donors (Lipinski definition) is 1. The average molecular weight is 327 g/mol. The maximum atomic E-state index is 12.6. The number of aromatic amines is 1. The van der Waals surface area contributed by atoms with E-state index in [1.807, 2.05) is 20.8 Å². The van der Waals surface area contributed by atoms with Gasteiger partial charge in [-0.25, -0.2) is 4.68 Å². The molecule has 0 fully saturated rings. The maximum Gasteiger partial charge on any atom is 0.276 e. The van der Waals surface area contributed by atoms with Gasteiger partial charge in [-0.05, 0) is 33.1 Å². The number of H-pyrrole nitrogens is 1. The van der Waals surface area contributed by atoms with E-state index < -0.39 is 0 Å². The molecule has 6 heteroatoms. The minimum atomic E-state index is -0.0330. The highest BCUT2D eigenvalue weighted by Crippen LogP contribution is 2.23. The van der Waals surface area contributed by atoms with Crippen molar-refractivity contribution in [2.45, 2.75) is 47.6 Å². The van der Waals surface area contributed by atoms with Crippen LogP contribution in [-0.4, -0.2) is 24.5 Å². The van der Waals surface area contributed by atoms with Crippen LogP contribution in [0.15, 0.2) is 11.0 Å². The van der Waals surface area contributed by atoms with Crippen LogP contribution >= 0.6 is 0 Å². The molecule has 0 unspecified atom stereocenters. The van der Waals surface area contributed by atoms with Crippen LogP contribution in [0, 0.1) is 26.7 Å². The first-order valence-corrected chi connectivity index (χ1v) is 8.35. The molecule has 0 atom stereocenters. The van der Waals surface area contributed by atoms with Crippen LogP contribution in [0.5, 0.6) is 0 Å². The van der Waals surface area contributed by atoms with Gasteiger partial charge < -0.3 is 4.57 Å². The molecule has 3 rings (SSSR count). The Morgan fingerprint density at radius 2 is 1.96 bits per heavy atom. The summed E-state index contributed by atoms with van der Waals surface area (Å²) in [7, 11) is 1.73. The summed E-state index contributed by atoms with van der Waals surface area (Å²) in [5.74, 6) is 0.486. The first-order chi connectivity index (χ1) is 11.3. The summed E-state index contributed by atoms with van der Waals surface area (Å²) in [6, 6.07) is 0. The van der Waals surface area contributed by atoms with Crippen molar-refractivity contribution in [2.24, 2.45) is 13.0 Å². The standard InChI is InChI=1S/C18H25N5O/c1-10(2)7-16-15-9-23(8-14-11(3)19-20-12(14)4)13(5)17(15)18(24)22(6)21-16/h9-10H,7-8H2,1-6H3,(H,19,20). The van der Waals surface area contributed by atoms with E-state index in [2.05, 4.69) is 39.9 Å². The third kappa shape index (κ3) is 2.66. The van der Waals surface area contributed by atoms with Gasteiger partial charge in [0.15, 0.2) is 0 Å². The van der Waals surface area contributed by atoms with Crippen LogP contribution in [0.2, 0.25) is 0 Å². The minimum Gasteiger partial charge on any atom is -0.346 e. The molecule has 0 aliphatic rings. The van der Waals surface area contributed by atoms with Crippen LogP contribution in [0.1, 0.15) is 42.2 Å². The fourth-order valence-corrected chi connectivity index (χ4v) is 3.27. The van der Waals surface area contributed by atoms with Crippen molar-refractivity contribution < 1.29 is 0 Å². The van der Waals surface area contributed by atoms with E-state index in [1.165, 1.54) is 10.2 Å². The van der Waals surface area contributed by atoms with Crippen molar-refractivity contribution in [3.63, 3.8) is 0 Å². The Hall–Kier alpha value is -2.37. The van der Waals surface area contributed by atoms with Gasteiger partial charge >= 0.3 is 0 Å². The molecule has 0 aliphatic heterocycles. The lowest BCUT2D eigenvalue weighted by Gasteiger charge is -2.07. The van der Waals surface area contributed by atoms with Crippen LogP contribution < -0.4 is 5.56 Å². The number of nitrogens with zero attached hydrogens (tertiary/aromatic N) is 4. The predicted molar refractivity (Wildman–Crippen MR) is 95.4 cm³/mol. The van der Waals surface area contributed by atoms with E-state index in [9.17, 15) is 4.79 Å². The zero-order valence-electron chi connectivity index (χ0n) is 15.3. The van der Waals surface area contributed by atoms with Gasteiger partial charge in [-0.15, -0.1) is 0 Å². The molecule has 3 aromatic rings. The van der Waals surface area contributed by atoms with Crippen molar-refractivity contribution in [1.82, 2.24) is 24.5 Å². The van der Waals surface area contributed by atoms with Crippen LogP contribution in [0.4, 0.5) is 0 Å². The SMILES string of the molecule is Cc1n[nH]c(C)c1Cn1cc2c(CC(C)C)nn(C)c(=O)c2c1C. The zero-order valence-corrected chi connectivity index (χ0v) is 15.3. The summed E-state index contributed by atoms with van der Waals surface area (Å²) in [5.41, 5.74) is 5.18. The van der Waals surface area contributed by atoms with Gasteiger partial charge in [-0.2, -0.15) is 10.2 Å². The highest BCUT2D eigenvalue weighted by atomic mass is 16.1. The molecule has 0 amide bonds. The number of nitrogens with one attached hydrogen (secondary N) is 1. The lowest BCUT2D eigenvalue weighted by Crippen LogP contribution is -2.22. The number of hydrogen-bond acceptors (Lipinski definition) is 3. The summed E-state index contributed by atoms with van der Waals surface area (Å²) in [5, 5.41) is 13.5. The molecule has 3 aromatic heterocycles. The maximum absolute atomic E-state index is 12.6. The number of fused-ring (bicyclic) bond motifs is 1. The van der Waals surface area contributed by atoms with Gasteiger partial charge in [0.05, 0.1) is 23.3 Å². The fraction of sp³-hybridized carbons (Fsp3) is 0.500. The zero-order chi connectivity index (χ0) is 17.6. The van der Waals surface area contributed by atoms with E-state index >= 15 is 0 Å². The molecule has 0 aromatic carbocycles. The van der Waals surface area contributed by atoms with E-state index in [0.29, 0.717) is 12.5 Å². The van der Waals surface area contributed by atoms with Gasteiger partial charge in [0, 0.05) is 35.6 Å². The first-order valence-electron chi connectivity index (χ1n) is 8.35. The smallest absolute Gasteiger partial charge is 0.276 e. The second-order valence-corrected chi connectivity index (χ2v) is 7.02. The molecule has 0 aliphatic carbocycles. The van der Waals surface area contributed by atoms with Crippen LogP contribution in [0.3, 0.4) is 0 Å². The highest BCUT2D eigenvalue weighted by Gasteiger charge is 2.17. The molecule has 0 bridgehead atoms. The van der Waals surface area contributed by atoms with Gasteiger partial charge in [0.1, 0.15) is 0 Å². The molecule has 128 valence electrons.